The van der Waals surface area contributed by atoms with Crippen molar-refractivity contribution in [3.05, 3.63) is 24.3 Å². The van der Waals surface area contributed by atoms with Crippen LogP contribution in [0.15, 0.2) is 24.3 Å². The van der Waals surface area contributed by atoms with E-state index in [0.29, 0.717) is 90.8 Å². The fourth-order valence-corrected chi connectivity index (χ4v) is 2.69. The van der Waals surface area contributed by atoms with Crippen molar-refractivity contribution in [1.29, 1.82) is 0 Å². The van der Waals surface area contributed by atoms with Crippen LogP contribution < -0.4 is 9.47 Å². The highest BCUT2D eigenvalue weighted by Crippen LogP contribution is 2.26. The monoisotopic (exact) mass is 486 g/mol. The zero-order chi connectivity index (χ0) is 24.4. The minimum Gasteiger partial charge on any atom is -0.487 e. The van der Waals surface area contributed by atoms with Crippen molar-refractivity contribution >= 4 is 0 Å². The largest absolute Gasteiger partial charge is 0.487 e. The van der Waals surface area contributed by atoms with E-state index in [2.05, 4.69) is 13.8 Å². The van der Waals surface area contributed by atoms with Gasteiger partial charge in [0.05, 0.1) is 66.1 Å². The molecule has 0 fully saturated rings. The topological polar surface area (TPSA) is 73.8 Å². The third-order valence-electron chi connectivity index (χ3n) is 4.59. The van der Waals surface area contributed by atoms with E-state index in [1.807, 2.05) is 24.3 Å². The van der Waals surface area contributed by atoms with Crippen molar-refractivity contribution in [3.8, 4) is 11.5 Å². The molecular weight excluding hydrogens is 440 g/mol. The Hall–Kier alpha value is -1.42. The first-order valence-corrected chi connectivity index (χ1v) is 12.7. The summed E-state index contributed by atoms with van der Waals surface area (Å²) in [5.41, 5.74) is 0. The van der Waals surface area contributed by atoms with Crippen molar-refractivity contribution in [2.45, 2.75) is 39.5 Å². The third-order valence-corrected chi connectivity index (χ3v) is 4.59. The van der Waals surface area contributed by atoms with Crippen LogP contribution in [0.25, 0.3) is 0 Å². The molecule has 0 unspecified atom stereocenters. The Kier molecular flexibility index (Phi) is 22.2. The van der Waals surface area contributed by atoms with E-state index in [-0.39, 0.29) is 0 Å². The van der Waals surface area contributed by atoms with Gasteiger partial charge in [0.25, 0.3) is 0 Å². The average molecular weight is 487 g/mol. The Bertz CT molecular complexity index is 496. The van der Waals surface area contributed by atoms with Gasteiger partial charge >= 0.3 is 0 Å². The maximum absolute atomic E-state index is 5.79. The molecule has 0 amide bonds. The molecule has 34 heavy (non-hydrogen) atoms. The first kappa shape index (κ1) is 30.6. The van der Waals surface area contributed by atoms with Crippen LogP contribution in [0.2, 0.25) is 0 Å². The normalized spacial score (nSPS) is 11.1. The van der Waals surface area contributed by atoms with Crippen molar-refractivity contribution in [1.82, 2.24) is 0 Å². The Morgan fingerprint density at radius 2 is 0.706 bits per heavy atom. The summed E-state index contributed by atoms with van der Waals surface area (Å²) < 4.78 is 44.5. The number of hydrogen-bond acceptors (Lipinski definition) is 8. The van der Waals surface area contributed by atoms with Gasteiger partial charge in [-0.25, -0.2) is 0 Å². The highest BCUT2D eigenvalue weighted by atomic mass is 16.6. The van der Waals surface area contributed by atoms with Gasteiger partial charge < -0.3 is 37.9 Å². The molecule has 8 nitrogen and oxygen atoms in total. The molecule has 8 heteroatoms. The quantitative estimate of drug-likeness (QED) is 0.181. The number of para-hydroxylation sites is 2. The van der Waals surface area contributed by atoms with E-state index in [1.54, 1.807) is 0 Å². The fourth-order valence-electron chi connectivity index (χ4n) is 2.69. The van der Waals surface area contributed by atoms with E-state index < -0.39 is 0 Å². The second-order valence-corrected chi connectivity index (χ2v) is 7.52. The van der Waals surface area contributed by atoms with Gasteiger partial charge in [0.2, 0.25) is 0 Å². The molecule has 1 aromatic rings. The molecule has 198 valence electrons. The summed E-state index contributed by atoms with van der Waals surface area (Å²) in [7, 11) is 0. The highest BCUT2D eigenvalue weighted by Gasteiger charge is 2.04. The maximum Gasteiger partial charge on any atom is 0.161 e. The molecule has 0 aliphatic rings. The molecule has 1 rings (SSSR count). The second kappa shape index (κ2) is 24.7. The van der Waals surface area contributed by atoms with Gasteiger partial charge in [-0.05, 0) is 25.0 Å². The molecule has 0 atom stereocenters. The van der Waals surface area contributed by atoms with E-state index >= 15 is 0 Å². The lowest BCUT2D eigenvalue weighted by Gasteiger charge is -2.13. The van der Waals surface area contributed by atoms with E-state index in [4.69, 9.17) is 37.9 Å². The number of ether oxygens (including phenoxy) is 8. The Morgan fingerprint density at radius 1 is 0.412 bits per heavy atom. The van der Waals surface area contributed by atoms with E-state index in [9.17, 15) is 0 Å². The molecule has 0 bridgehead atoms. The molecule has 0 N–H and O–H groups in total. The van der Waals surface area contributed by atoms with Gasteiger partial charge in [-0.1, -0.05) is 38.8 Å². The molecule has 0 saturated heterocycles. The van der Waals surface area contributed by atoms with E-state index in [1.165, 1.54) is 0 Å². The van der Waals surface area contributed by atoms with Crippen LogP contribution in [-0.2, 0) is 28.4 Å². The summed E-state index contributed by atoms with van der Waals surface area (Å²) in [5.74, 6) is 1.39. The summed E-state index contributed by atoms with van der Waals surface area (Å²) >= 11 is 0. The van der Waals surface area contributed by atoms with Gasteiger partial charge in [-0.15, -0.1) is 0 Å². The van der Waals surface area contributed by atoms with Gasteiger partial charge in [-0.2, -0.15) is 0 Å². The molecule has 0 aliphatic heterocycles. The summed E-state index contributed by atoms with van der Waals surface area (Å²) in [5, 5.41) is 0. The van der Waals surface area contributed by atoms with Gasteiger partial charge in [0.15, 0.2) is 11.5 Å². The predicted octanol–water partition coefficient (Wildman–Crippen LogP) is 4.14. The SMILES string of the molecule is CCCCOCCOCCOCCOc1ccccc1OCCOCCOCCOCCCC. The van der Waals surface area contributed by atoms with Crippen LogP contribution in [-0.4, -0.2) is 92.5 Å². The van der Waals surface area contributed by atoms with Gasteiger partial charge in [-0.3, -0.25) is 0 Å². The Morgan fingerprint density at radius 3 is 1.03 bits per heavy atom. The van der Waals surface area contributed by atoms with Crippen molar-refractivity contribution in [2.24, 2.45) is 0 Å². The minimum atomic E-state index is 0.441. The lowest BCUT2D eigenvalue weighted by Crippen LogP contribution is -2.14. The fraction of sp³-hybridized carbons (Fsp3) is 0.769. The van der Waals surface area contributed by atoms with Crippen molar-refractivity contribution in [2.75, 3.05) is 92.5 Å². The van der Waals surface area contributed by atoms with Crippen LogP contribution in [0.5, 0.6) is 11.5 Å². The summed E-state index contributed by atoms with van der Waals surface area (Å²) in [6.07, 6.45) is 4.48. The predicted molar refractivity (Wildman–Crippen MR) is 132 cm³/mol. The molecule has 0 radical (unpaired) electrons. The van der Waals surface area contributed by atoms with Crippen LogP contribution in [0.4, 0.5) is 0 Å². The number of hydrogen-bond donors (Lipinski definition) is 0. The first-order valence-electron chi connectivity index (χ1n) is 12.7. The molecular formula is C26H46O8. The first-order chi connectivity index (χ1) is 16.9. The standard InChI is InChI=1S/C26H46O8/c1-3-5-11-27-13-15-29-17-19-31-21-23-33-25-9-7-8-10-26(25)34-24-22-32-20-18-30-16-14-28-12-6-4-2/h7-10H,3-6,11-24H2,1-2H3. The number of rotatable bonds is 26. The smallest absolute Gasteiger partial charge is 0.161 e. The summed E-state index contributed by atoms with van der Waals surface area (Å²) in [6.45, 7) is 12.4. The molecule has 0 aromatic heterocycles. The molecule has 0 spiro atoms. The maximum atomic E-state index is 5.79. The van der Waals surface area contributed by atoms with Crippen LogP contribution in [0.1, 0.15) is 39.5 Å². The summed E-state index contributed by atoms with van der Waals surface area (Å²) in [6, 6.07) is 7.60. The Labute approximate surface area is 206 Å². The molecule has 1 aromatic carbocycles. The Balaban J connectivity index is 1.96. The van der Waals surface area contributed by atoms with Crippen LogP contribution >= 0.6 is 0 Å². The number of benzene rings is 1. The average Bonchev–Trinajstić information content (AvgIpc) is 2.86. The lowest BCUT2D eigenvalue weighted by atomic mass is 10.3. The van der Waals surface area contributed by atoms with Crippen molar-refractivity contribution < 1.29 is 37.9 Å². The van der Waals surface area contributed by atoms with Gasteiger partial charge in [0, 0.05) is 13.2 Å². The van der Waals surface area contributed by atoms with Crippen LogP contribution in [0.3, 0.4) is 0 Å². The van der Waals surface area contributed by atoms with Crippen molar-refractivity contribution in [3.63, 3.8) is 0 Å². The highest BCUT2D eigenvalue weighted by molar-refractivity contribution is 5.39. The van der Waals surface area contributed by atoms with Gasteiger partial charge in [0.1, 0.15) is 13.2 Å². The summed E-state index contributed by atoms with van der Waals surface area (Å²) in [4.78, 5) is 0. The third kappa shape index (κ3) is 18.9. The second-order valence-electron chi connectivity index (χ2n) is 7.52. The van der Waals surface area contributed by atoms with E-state index in [0.717, 1.165) is 38.9 Å². The minimum absolute atomic E-state index is 0.441. The number of unbranched alkanes of at least 4 members (excludes halogenated alkanes) is 2. The zero-order valence-electron chi connectivity index (χ0n) is 21.3. The molecule has 0 heterocycles. The molecule has 0 aliphatic carbocycles. The molecule has 0 saturated carbocycles. The lowest BCUT2D eigenvalue weighted by molar-refractivity contribution is 0.00745. The zero-order valence-corrected chi connectivity index (χ0v) is 21.3. The van der Waals surface area contributed by atoms with Crippen LogP contribution in [0, 0.1) is 0 Å².